The summed E-state index contributed by atoms with van der Waals surface area (Å²) in [6.07, 6.45) is 6.33. The number of carbonyl (C=O) groups is 1. The van der Waals surface area contributed by atoms with Gasteiger partial charge in [0.05, 0.1) is 11.0 Å². The molecule has 3 nitrogen and oxygen atoms in total. The first kappa shape index (κ1) is 14.5. The van der Waals surface area contributed by atoms with Gasteiger partial charge in [-0.25, -0.2) is 0 Å². The molecule has 0 fully saturated rings. The number of nitrogens with zero attached hydrogens (tertiary/aromatic N) is 1. The lowest BCUT2D eigenvalue weighted by Crippen LogP contribution is -2.28. The third kappa shape index (κ3) is 3.80. The van der Waals surface area contributed by atoms with E-state index in [2.05, 4.69) is 6.07 Å². The highest BCUT2D eigenvalue weighted by Crippen LogP contribution is 2.29. The van der Waals surface area contributed by atoms with E-state index in [-0.39, 0.29) is 12.0 Å². The largest absolute Gasteiger partial charge is 0.393 e. The lowest BCUT2D eigenvalue weighted by molar-refractivity contribution is 0.0773. The number of hydrogen-bond donors (Lipinski definition) is 1. The number of carbonyl (C=O) groups excluding carboxylic acids is 1. The van der Waals surface area contributed by atoms with E-state index in [9.17, 15) is 9.90 Å². The molecule has 2 rings (SSSR count). The summed E-state index contributed by atoms with van der Waals surface area (Å²) in [6, 6.07) is 2.09. The molecule has 1 atom stereocenters. The third-order valence-corrected chi connectivity index (χ3v) is 4.91. The highest BCUT2D eigenvalue weighted by atomic mass is 32.1. The van der Waals surface area contributed by atoms with Crippen molar-refractivity contribution in [3.05, 3.63) is 21.4 Å². The Bertz CT molecular complexity index is 416. The molecule has 1 amide bonds. The molecule has 1 N–H and O–H groups in total. The zero-order chi connectivity index (χ0) is 13.8. The molecule has 0 saturated heterocycles. The molecule has 19 heavy (non-hydrogen) atoms. The number of aliphatic hydroxyl groups excluding tert-OH is 1. The number of fused-ring (bicyclic) bond motifs is 1. The van der Waals surface area contributed by atoms with Crippen LogP contribution in [0, 0.1) is 0 Å². The Morgan fingerprint density at radius 1 is 1.42 bits per heavy atom. The van der Waals surface area contributed by atoms with Crippen LogP contribution in [0.25, 0.3) is 0 Å². The van der Waals surface area contributed by atoms with E-state index in [4.69, 9.17) is 0 Å². The summed E-state index contributed by atoms with van der Waals surface area (Å²) < 4.78 is 0. The first-order chi connectivity index (χ1) is 9.08. The van der Waals surface area contributed by atoms with Gasteiger partial charge in [0.15, 0.2) is 0 Å². The average molecular weight is 281 g/mol. The monoisotopic (exact) mass is 281 g/mol. The van der Waals surface area contributed by atoms with Gasteiger partial charge in [0.2, 0.25) is 0 Å². The van der Waals surface area contributed by atoms with E-state index < -0.39 is 0 Å². The number of hydrogen-bond acceptors (Lipinski definition) is 3. The zero-order valence-corrected chi connectivity index (χ0v) is 12.6. The lowest BCUT2D eigenvalue weighted by Gasteiger charge is -2.17. The summed E-state index contributed by atoms with van der Waals surface area (Å²) in [5, 5.41) is 9.28. The van der Waals surface area contributed by atoms with Crippen LogP contribution in [0.15, 0.2) is 6.07 Å². The van der Waals surface area contributed by atoms with Crippen molar-refractivity contribution in [1.82, 2.24) is 4.90 Å². The molecule has 1 unspecified atom stereocenters. The van der Waals surface area contributed by atoms with E-state index in [0.29, 0.717) is 13.0 Å². The predicted molar refractivity (Wildman–Crippen MR) is 78.8 cm³/mol. The Kier molecular flexibility index (Phi) is 4.99. The molecule has 0 aromatic carbocycles. The Hall–Kier alpha value is -0.870. The molecule has 0 radical (unpaired) electrons. The molecule has 0 aliphatic heterocycles. The van der Waals surface area contributed by atoms with Crippen LogP contribution in [0.4, 0.5) is 0 Å². The Labute approximate surface area is 119 Å². The molecule has 4 heteroatoms. The van der Waals surface area contributed by atoms with Crippen LogP contribution in [0.2, 0.25) is 0 Å². The van der Waals surface area contributed by atoms with Crippen molar-refractivity contribution in [1.29, 1.82) is 0 Å². The maximum Gasteiger partial charge on any atom is 0.263 e. The average Bonchev–Trinajstić information content (AvgIpc) is 2.66. The van der Waals surface area contributed by atoms with Crippen LogP contribution in [0.3, 0.4) is 0 Å². The van der Waals surface area contributed by atoms with Gasteiger partial charge in [-0.1, -0.05) is 6.42 Å². The van der Waals surface area contributed by atoms with Crippen LogP contribution in [0.5, 0.6) is 0 Å². The normalized spacial score (nSPS) is 16.6. The highest BCUT2D eigenvalue weighted by Gasteiger charge is 2.19. The van der Waals surface area contributed by atoms with Gasteiger partial charge in [-0.05, 0) is 50.7 Å². The number of amides is 1. The van der Waals surface area contributed by atoms with Gasteiger partial charge in [0.1, 0.15) is 0 Å². The van der Waals surface area contributed by atoms with Gasteiger partial charge in [-0.2, -0.15) is 0 Å². The second kappa shape index (κ2) is 6.53. The lowest BCUT2D eigenvalue weighted by atomic mass is 10.1. The number of aliphatic hydroxyl groups is 1. The van der Waals surface area contributed by atoms with Gasteiger partial charge >= 0.3 is 0 Å². The van der Waals surface area contributed by atoms with Crippen molar-refractivity contribution in [2.24, 2.45) is 0 Å². The summed E-state index contributed by atoms with van der Waals surface area (Å²) in [5.41, 5.74) is 1.38. The highest BCUT2D eigenvalue weighted by molar-refractivity contribution is 7.14. The molecule has 1 heterocycles. The number of thiophene rings is 1. The Balaban J connectivity index is 2.03. The first-order valence-electron chi connectivity index (χ1n) is 7.13. The summed E-state index contributed by atoms with van der Waals surface area (Å²) in [6.45, 7) is 2.37. The first-order valence-corrected chi connectivity index (χ1v) is 7.94. The maximum atomic E-state index is 12.3. The maximum absolute atomic E-state index is 12.3. The fraction of sp³-hybridized carbons (Fsp3) is 0.667. The number of rotatable bonds is 4. The van der Waals surface area contributed by atoms with E-state index in [1.54, 1.807) is 23.2 Å². The van der Waals surface area contributed by atoms with Gasteiger partial charge in [-0.3, -0.25) is 4.79 Å². The molecule has 1 aliphatic carbocycles. The van der Waals surface area contributed by atoms with E-state index in [0.717, 1.165) is 17.7 Å². The molecule has 0 bridgehead atoms. The zero-order valence-electron chi connectivity index (χ0n) is 11.8. The van der Waals surface area contributed by atoms with Gasteiger partial charge < -0.3 is 10.0 Å². The fourth-order valence-corrected chi connectivity index (χ4v) is 3.69. The summed E-state index contributed by atoms with van der Waals surface area (Å²) >= 11 is 1.67. The summed E-state index contributed by atoms with van der Waals surface area (Å²) in [4.78, 5) is 16.3. The van der Waals surface area contributed by atoms with E-state index in [1.165, 1.54) is 29.7 Å². The van der Waals surface area contributed by atoms with Gasteiger partial charge in [-0.15, -0.1) is 11.3 Å². The van der Waals surface area contributed by atoms with Gasteiger partial charge in [0, 0.05) is 18.5 Å². The SMILES string of the molecule is CC(O)CCN(C)C(=O)c1cc2c(s1)CCCCC2. The predicted octanol–water partition coefficient (Wildman–Crippen LogP) is 2.86. The van der Waals surface area contributed by atoms with Crippen molar-refractivity contribution < 1.29 is 9.90 Å². The Morgan fingerprint density at radius 3 is 2.89 bits per heavy atom. The van der Waals surface area contributed by atoms with Crippen LogP contribution in [-0.2, 0) is 12.8 Å². The molecular formula is C15H23NO2S. The smallest absolute Gasteiger partial charge is 0.263 e. The van der Waals surface area contributed by atoms with Crippen LogP contribution < -0.4 is 0 Å². The van der Waals surface area contributed by atoms with Crippen molar-refractivity contribution in [2.45, 2.75) is 51.6 Å². The minimum atomic E-state index is -0.352. The molecule has 1 aromatic heterocycles. The van der Waals surface area contributed by atoms with Crippen molar-refractivity contribution in [3.8, 4) is 0 Å². The Morgan fingerprint density at radius 2 is 2.16 bits per heavy atom. The minimum absolute atomic E-state index is 0.0960. The third-order valence-electron chi connectivity index (χ3n) is 3.69. The van der Waals surface area contributed by atoms with E-state index in [1.807, 2.05) is 7.05 Å². The molecule has 106 valence electrons. The summed E-state index contributed by atoms with van der Waals surface area (Å²) in [7, 11) is 1.82. The minimum Gasteiger partial charge on any atom is -0.393 e. The quantitative estimate of drug-likeness (QED) is 0.862. The molecule has 1 aliphatic rings. The van der Waals surface area contributed by atoms with Crippen LogP contribution >= 0.6 is 11.3 Å². The van der Waals surface area contributed by atoms with E-state index >= 15 is 0 Å². The topological polar surface area (TPSA) is 40.5 Å². The second-order valence-electron chi connectivity index (χ2n) is 5.48. The summed E-state index contributed by atoms with van der Waals surface area (Å²) in [5.74, 6) is 0.0960. The second-order valence-corrected chi connectivity index (χ2v) is 6.62. The van der Waals surface area contributed by atoms with Crippen LogP contribution in [0.1, 0.15) is 52.7 Å². The standard InChI is InChI=1S/C15H23NO2S/c1-11(17)8-9-16(2)15(18)14-10-12-6-4-3-5-7-13(12)19-14/h10-11,17H,3-9H2,1-2H3. The molecule has 0 spiro atoms. The van der Waals surface area contributed by atoms with Crippen LogP contribution in [-0.4, -0.2) is 35.6 Å². The number of aryl methyl sites for hydroxylation is 2. The molecular weight excluding hydrogens is 258 g/mol. The van der Waals surface area contributed by atoms with Gasteiger partial charge in [0.25, 0.3) is 5.91 Å². The van der Waals surface area contributed by atoms with Crippen molar-refractivity contribution in [3.63, 3.8) is 0 Å². The fourth-order valence-electron chi connectivity index (χ4n) is 2.44. The van der Waals surface area contributed by atoms with Crippen molar-refractivity contribution in [2.75, 3.05) is 13.6 Å². The molecule has 0 saturated carbocycles. The molecule has 1 aromatic rings. The van der Waals surface area contributed by atoms with Crippen molar-refractivity contribution >= 4 is 17.2 Å².